The SMILES string of the molecule is COCC(CCCN)Nc1ccc(O)cc1C. The first-order valence-electron chi connectivity index (χ1n) is 5.92. The number of methoxy groups -OCH3 is 1. The highest BCUT2D eigenvalue weighted by atomic mass is 16.5. The molecule has 1 aromatic carbocycles. The largest absolute Gasteiger partial charge is 0.508 e. The van der Waals surface area contributed by atoms with Gasteiger partial charge >= 0.3 is 0 Å². The van der Waals surface area contributed by atoms with Gasteiger partial charge in [-0.25, -0.2) is 0 Å². The van der Waals surface area contributed by atoms with Crippen molar-refractivity contribution in [3.63, 3.8) is 0 Å². The van der Waals surface area contributed by atoms with Crippen molar-refractivity contribution in [1.82, 2.24) is 0 Å². The number of benzene rings is 1. The lowest BCUT2D eigenvalue weighted by atomic mass is 10.1. The molecule has 0 aromatic heterocycles. The van der Waals surface area contributed by atoms with Crippen LogP contribution in [-0.4, -0.2) is 31.4 Å². The van der Waals surface area contributed by atoms with E-state index in [1.54, 1.807) is 19.2 Å². The maximum Gasteiger partial charge on any atom is 0.115 e. The first-order valence-corrected chi connectivity index (χ1v) is 5.92. The highest BCUT2D eigenvalue weighted by molar-refractivity contribution is 5.53. The molecule has 1 unspecified atom stereocenters. The summed E-state index contributed by atoms with van der Waals surface area (Å²) in [6.45, 7) is 3.31. The first-order chi connectivity index (χ1) is 8.17. The number of nitrogens with two attached hydrogens (primary N) is 1. The van der Waals surface area contributed by atoms with Crippen LogP contribution in [0.5, 0.6) is 5.75 Å². The summed E-state index contributed by atoms with van der Waals surface area (Å²) in [6, 6.07) is 5.57. The molecular weight excluding hydrogens is 216 g/mol. The van der Waals surface area contributed by atoms with E-state index in [9.17, 15) is 5.11 Å². The fourth-order valence-corrected chi connectivity index (χ4v) is 1.79. The zero-order chi connectivity index (χ0) is 12.7. The summed E-state index contributed by atoms with van der Waals surface area (Å²) in [4.78, 5) is 0. The second kappa shape index (κ2) is 7.14. The lowest BCUT2D eigenvalue weighted by Crippen LogP contribution is -2.26. The van der Waals surface area contributed by atoms with Crippen LogP contribution in [0.25, 0.3) is 0 Å². The number of aromatic hydroxyl groups is 1. The Morgan fingerprint density at radius 2 is 2.24 bits per heavy atom. The van der Waals surface area contributed by atoms with Crippen molar-refractivity contribution in [3.8, 4) is 5.75 Å². The predicted octanol–water partition coefficient (Wildman–Crippen LogP) is 1.87. The highest BCUT2D eigenvalue weighted by Crippen LogP contribution is 2.21. The van der Waals surface area contributed by atoms with E-state index < -0.39 is 0 Å². The van der Waals surface area contributed by atoms with Crippen molar-refractivity contribution in [2.75, 3.05) is 25.6 Å². The monoisotopic (exact) mass is 238 g/mol. The minimum absolute atomic E-state index is 0.256. The summed E-state index contributed by atoms with van der Waals surface area (Å²) in [7, 11) is 1.70. The number of anilines is 1. The average molecular weight is 238 g/mol. The topological polar surface area (TPSA) is 67.5 Å². The molecule has 0 aliphatic rings. The molecule has 1 atom stereocenters. The van der Waals surface area contributed by atoms with Gasteiger partial charge in [-0.1, -0.05) is 0 Å². The molecule has 0 bridgehead atoms. The van der Waals surface area contributed by atoms with Gasteiger partial charge in [-0.05, 0) is 50.1 Å². The molecule has 0 fully saturated rings. The number of phenolic OH excluding ortho intramolecular Hbond substituents is 1. The van der Waals surface area contributed by atoms with Gasteiger partial charge in [0.05, 0.1) is 6.61 Å². The molecule has 0 amide bonds. The summed E-state index contributed by atoms with van der Waals surface area (Å²) in [6.07, 6.45) is 1.95. The Morgan fingerprint density at radius 3 is 2.82 bits per heavy atom. The minimum atomic E-state index is 0.256. The van der Waals surface area contributed by atoms with Crippen LogP contribution in [0.1, 0.15) is 18.4 Å². The number of aryl methyl sites for hydroxylation is 1. The van der Waals surface area contributed by atoms with E-state index in [0.29, 0.717) is 18.9 Å². The second-order valence-corrected chi connectivity index (χ2v) is 4.23. The van der Waals surface area contributed by atoms with E-state index in [0.717, 1.165) is 24.1 Å². The number of nitrogens with one attached hydrogen (secondary N) is 1. The van der Waals surface area contributed by atoms with Crippen molar-refractivity contribution in [3.05, 3.63) is 23.8 Å². The van der Waals surface area contributed by atoms with Crippen molar-refractivity contribution in [2.24, 2.45) is 5.73 Å². The fraction of sp³-hybridized carbons (Fsp3) is 0.538. The summed E-state index contributed by atoms with van der Waals surface area (Å²) in [5.41, 5.74) is 7.57. The van der Waals surface area contributed by atoms with Crippen LogP contribution >= 0.6 is 0 Å². The molecule has 0 spiro atoms. The van der Waals surface area contributed by atoms with Crippen LogP contribution < -0.4 is 11.1 Å². The third-order valence-corrected chi connectivity index (χ3v) is 2.69. The molecule has 0 heterocycles. The molecule has 0 saturated heterocycles. The molecule has 0 aliphatic heterocycles. The molecule has 1 aromatic rings. The molecule has 1 rings (SSSR count). The Morgan fingerprint density at radius 1 is 1.47 bits per heavy atom. The van der Waals surface area contributed by atoms with E-state index in [1.165, 1.54) is 0 Å². The molecule has 17 heavy (non-hydrogen) atoms. The Labute approximate surface area is 103 Å². The van der Waals surface area contributed by atoms with E-state index in [2.05, 4.69) is 5.32 Å². The lowest BCUT2D eigenvalue weighted by molar-refractivity contribution is 0.182. The minimum Gasteiger partial charge on any atom is -0.508 e. The van der Waals surface area contributed by atoms with E-state index in [-0.39, 0.29) is 6.04 Å². The Hall–Kier alpha value is -1.26. The van der Waals surface area contributed by atoms with E-state index in [1.807, 2.05) is 13.0 Å². The fourth-order valence-electron chi connectivity index (χ4n) is 1.79. The highest BCUT2D eigenvalue weighted by Gasteiger charge is 2.09. The third kappa shape index (κ3) is 4.63. The zero-order valence-corrected chi connectivity index (χ0v) is 10.6. The summed E-state index contributed by atoms with van der Waals surface area (Å²) in [5.74, 6) is 0.290. The predicted molar refractivity (Wildman–Crippen MR) is 70.4 cm³/mol. The van der Waals surface area contributed by atoms with E-state index in [4.69, 9.17) is 10.5 Å². The van der Waals surface area contributed by atoms with Gasteiger partial charge < -0.3 is 20.9 Å². The smallest absolute Gasteiger partial charge is 0.115 e. The van der Waals surface area contributed by atoms with Gasteiger partial charge in [0.1, 0.15) is 5.75 Å². The van der Waals surface area contributed by atoms with Gasteiger partial charge in [-0.3, -0.25) is 0 Å². The van der Waals surface area contributed by atoms with Crippen molar-refractivity contribution >= 4 is 5.69 Å². The van der Waals surface area contributed by atoms with Crippen molar-refractivity contribution in [1.29, 1.82) is 0 Å². The van der Waals surface area contributed by atoms with Gasteiger partial charge in [0.25, 0.3) is 0 Å². The first kappa shape index (κ1) is 13.8. The van der Waals surface area contributed by atoms with Crippen molar-refractivity contribution < 1.29 is 9.84 Å². The molecule has 4 heteroatoms. The molecule has 4 N–H and O–H groups in total. The Balaban J connectivity index is 2.64. The molecule has 0 aliphatic carbocycles. The summed E-state index contributed by atoms with van der Waals surface area (Å²) >= 11 is 0. The molecular formula is C13H22N2O2. The van der Waals surface area contributed by atoms with Crippen LogP contribution in [0, 0.1) is 6.92 Å². The van der Waals surface area contributed by atoms with Crippen LogP contribution in [0.15, 0.2) is 18.2 Å². The van der Waals surface area contributed by atoms with Gasteiger partial charge in [0, 0.05) is 18.8 Å². The molecule has 0 saturated carbocycles. The van der Waals surface area contributed by atoms with Crippen LogP contribution in [0.4, 0.5) is 5.69 Å². The number of rotatable bonds is 7. The van der Waals surface area contributed by atoms with Crippen LogP contribution in [-0.2, 0) is 4.74 Å². The standard InChI is InChI=1S/C13H22N2O2/c1-10-8-12(16)5-6-13(10)15-11(9-17-2)4-3-7-14/h5-6,8,11,15-16H,3-4,7,9,14H2,1-2H3. The quantitative estimate of drug-likeness (QED) is 0.634. The molecule has 0 radical (unpaired) electrons. The van der Waals surface area contributed by atoms with Gasteiger partial charge in [-0.15, -0.1) is 0 Å². The van der Waals surface area contributed by atoms with Gasteiger partial charge in [0.2, 0.25) is 0 Å². The molecule has 96 valence electrons. The van der Waals surface area contributed by atoms with Crippen molar-refractivity contribution in [2.45, 2.75) is 25.8 Å². The van der Waals surface area contributed by atoms with Crippen LogP contribution in [0.3, 0.4) is 0 Å². The zero-order valence-electron chi connectivity index (χ0n) is 10.6. The van der Waals surface area contributed by atoms with Gasteiger partial charge in [0.15, 0.2) is 0 Å². The third-order valence-electron chi connectivity index (χ3n) is 2.69. The molecule has 4 nitrogen and oxygen atoms in total. The maximum atomic E-state index is 9.35. The summed E-state index contributed by atoms with van der Waals surface area (Å²) in [5, 5.41) is 12.8. The number of ether oxygens (including phenoxy) is 1. The Bertz CT molecular complexity index is 342. The second-order valence-electron chi connectivity index (χ2n) is 4.23. The lowest BCUT2D eigenvalue weighted by Gasteiger charge is -2.20. The Kier molecular flexibility index (Phi) is 5.80. The van der Waals surface area contributed by atoms with E-state index >= 15 is 0 Å². The maximum absolute atomic E-state index is 9.35. The normalized spacial score (nSPS) is 12.4. The average Bonchev–Trinajstić information content (AvgIpc) is 2.29. The number of phenols is 1. The van der Waals surface area contributed by atoms with Gasteiger partial charge in [-0.2, -0.15) is 0 Å². The number of hydrogen-bond acceptors (Lipinski definition) is 4. The summed E-state index contributed by atoms with van der Waals surface area (Å²) < 4.78 is 5.18. The number of hydrogen-bond donors (Lipinski definition) is 3. The van der Waals surface area contributed by atoms with Crippen LogP contribution in [0.2, 0.25) is 0 Å².